The summed E-state index contributed by atoms with van der Waals surface area (Å²) < 4.78 is 39.4. The number of rotatable bonds is 5. The number of ether oxygens (including phenoxy) is 1. The van der Waals surface area contributed by atoms with Crippen LogP contribution < -0.4 is 5.32 Å². The molecule has 4 heterocycles. The second kappa shape index (κ2) is 9.73. The Morgan fingerprint density at radius 2 is 1.91 bits per heavy atom. The molecular weight excluding hydrogens is 445 g/mol. The molecule has 0 aromatic carbocycles. The van der Waals surface area contributed by atoms with Gasteiger partial charge in [-0.05, 0) is 31.2 Å². The SMILES string of the molecule is Cc1cnc(NCCC2CCOC23CN(C(=O)c2cnn(C)c2)C3)nc1.O=C(O)C(F)(F)F. The highest BCUT2D eigenvalue weighted by Gasteiger charge is 2.54. The van der Waals surface area contributed by atoms with E-state index in [1.807, 2.05) is 31.3 Å². The average molecular weight is 470 g/mol. The molecule has 2 aromatic heterocycles. The number of carbonyl (C=O) groups is 2. The topological polar surface area (TPSA) is 122 Å². The summed E-state index contributed by atoms with van der Waals surface area (Å²) in [5.41, 5.74) is 1.50. The highest BCUT2D eigenvalue weighted by atomic mass is 19.4. The lowest BCUT2D eigenvalue weighted by atomic mass is 9.78. The first-order valence-corrected chi connectivity index (χ1v) is 10.2. The lowest BCUT2D eigenvalue weighted by Gasteiger charge is -2.50. The van der Waals surface area contributed by atoms with Crippen LogP contribution in [0.4, 0.5) is 19.1 Å². The van der Waals surface area contributed by atoms with Crippen LogP contribution in [0.5, 0.6) is 0 Å². The molecule has 2 N–H and O–H groups in total. The number of aryl methyl sites for hydroxylation is 2. The third-order valence-corrected chi connectivity index (χ3v) is 5.56. The fraction of sp³-hybridized carbons (Fsp3) is 0.550. The molecule has 0 aliphatic carbocycles. The molecule has 1 amide bonds. The molecule has 10 nitrogen and oxygen atoms in total. The van der Waals surface area contributed by atoms with Crippen LogP contribution in [0.3, 0.4) is 0 Å². The summed E-state index contributed by atoms with van der Waals surface area (Å²) in [4.78, 5) is 31.8. The van der Waals surface area contributed by atoms with E-state index in [9.17, 15) is 18.0 Å². The van der Waals surface area contributed by atoms with Gasteiger partial charge in [0.1, 0.15) is 5.60 Å². The molecule has 0 bridgehead atoms. The zero-order valence-corrected chi connectivity index (χ0v) is 18.2. The molecule has 180 valence electrons. The number of anilines is 1. The number of carboxylic acids is 1. The van der Waals surface area contributed by atoms with Gasteiger partial charge in [0, 0.05) is 38.8 Å². The standard InChI is InChI=1S/C18H24N6O2.C2HF3O2/c1-13-7-20-17(21-8-13)19-5-3-15-4-6-26-18(15)11-24(12-18)16(25)14-9-22-23(2)10-14;3-2(4,5)1(6)7/h7-10,15H,3-6,11-12H2,1-2H3,(H,19,20,21);(H,6,7). The van der Waals surface area contributed by atoms with Crippen molar-refractivity contribution < 1.29 is 32.6 Å². The van der Waals surface area contributed by atoms with E-state index in [2.05, 4.69) is 20.4 Å². The number of nitrogens with one attached hydrogen (secondary N) is 1. The first kappa shape index (κ1) is 24.4. The van der Waals surface area contributed by atoms with E-state index in [4.69, 9.17) is 14.6 Å². The molecule has 2 aliphatic rings. The third kappa shape index (κ3) is 5.97. The first-order chi connectivity index (χ1) is 15.5. The zero-order chi connectivity index (χ0) is 24.2. The molecule has 1 unspecified atom stereocenters. The van der Waals surface area contributed by atoms with Crippen molar-refractivity contribution in [1.82, 2.24) is 24.6 Å². The molecule has 0 radical (unpaired) electrons. The summed E-state index contributed by atoms with van der Waals surface area (Å²) in [5.74, 6) is -1.62. The summed E-state index contributed by atoms with van der Waals surface area (Å²) in [6, 6.07) is 0. The number of aromatic nitrogens is 4. The predicted molar refractivity (Wildman–Crippen MR) is 109 cm³/mol. The summed E-state index contributed by atoms with van der Waals surface area (Å²) in [6.07, 6.45) is 3.92. The second-order valence-corrected chi connectivity index (χ2v) is 8.07. The number of halogens is 3. The molecule has 4 rings (SSSR count). The number of likely N-dealkylation sites (tertiary alicyclic amines) is 1. The van der Waals surface area contributed by atoms with Gasteiger partial charge in [0.15, 0.2) is 0 Å². The zero-order valence-electron chi connectivity index (χ0n) is 18.2. The molecule has 0 saturated carbocycles. The van der Waals surface area contributed by atoms with E-state index >= 15 is 0 Å². The maximum absolute atomic E-state index is 12.5. The number of hydrogen-bond donors (Lipinski definition) is 2. The Morgan fingerprint density at radius 1 is 1.27 bits per heavy atom. The van der Waals surface area contributed by atoms with E-state index in [0.717, 1.165) is 31.6 Å². The Balaban J connectivity index is 0.000000383. The van der Waals surface area contributed by atoms with Gasteiger partial charge >= 0.3 is 12.1 Å². The van der Waals surface area contributed by atoms with Gasteiger partial charge in [0.25, 0.3) is 5.91 Å². The van der Waals surface area contributed by atoms with Crippen LogP contribution in [0.25, 0.3) is 0 Å². The maximum Gasteiger partial charge on any atom is 0.490 e. The van der Waals surface area contributed by atoms with Crippen LogP contribution in [0, 0.1) is 12.8 Å². The predicted octanol–water partition coefficient (Wildman–Crippen LogP) is 1.89. The fourth-order valence-corrected chi connectivity index (χ4v) is 3.84. The van der Waals surface area contributed by atoms with Crippen molar-refractivity contribution in [2.75, 3.05) is 31.6 Å². The highest BCUT2D eigenvalue weighted by molar-refractivity contribution is 5.94. The molecule has 13 heteroatoms. The van der Waals surface area contributed by atoms with Crippen molar-refractivity contribution in [3.8, 4) is 0 Å². The van der Waals surface area contributed by atoms with Crippen molar-refractivity contribution >= 4 is 17.8 Å². The van der Waals surface area contributed by atoms with E-state index in [0.29, 0.717) is 30.5 Å². The average Bonchev–Trinajstić information content (AvgIpc) is 3.34. The van der Waals surface area contributed by atoms with Crippen LogP contribution in [-0.2, 0) is 16.6 Å². The van der Waals surface area contributed by atoms with E-state index in [1.54, 1.807) is 17.1 Å². The number of aliphatic carboxylic acids is 1. The molecule has 2 aliphatic heterocycles. The number of carboxylic acid groups (broad SMARTS) is 1. The largest absolute Gasteiger partial charge is 0.490 e. The number of hydrogen-bond acceptors (Lipinski definition) is 7. The van der Waals surface area contributed by atoms with Crippen LogP contribution in [-0.4, -0.2) is 79.6 Å². The van der Waals surface area contributed by atoms with Crippen molar-refractivity contribution in [1.29, 1.82) is 0 Å². The van der Waals surface area contributed by atoms with Gasteiger partial charge in [0.2, 0.25) is 5.95 Å². The van der Waals surface area contributed by atoms with Gasteiger partial charge in [-0.2, -0.15) is 18.3 Å². The third-order valence-electron chi connectivity index (χ3n) is 5.56. The van der Waals surface area contributed by atoms with E-state index in [-0.39, 0.29) is 11.5 Å². The number of amides is 1. The monoisotopic (exact) mass is 470 g/mol. The molecule has 1 atom stereocenters. The number of nitrogens with zero attached hydrogens (tertiary/aromatic N) is 5. The van der Waals surface area contributed by atoms with E-state index < -0.39 is 12.1 Å². The van der Waals surface area contributed by atoms with Crippen LogP contribution >= 0.6 is 0 Å². The number of alkyl halides is 3. The molecule has 1 spiro atoms. The first-order valence-electron chi connectivity index (χ1n) is 10.2. The fourth-order valence-electron chi connectivity index (χ4n) is 3.84. The van der Waals surface area contributed by atoms with Crippen molar-refractivity contribution in [2.24, 2.45) is 13.0 Å². The molecule has 33 heavy (non-hydrogen) atoms. The summed E-state index contributed by atoms with van der Waals surface area (Å²) in [6.45, 7) is 4.85. The lowest BCUT2D eigenvalue weighted by Crippen LogP contribution is -2.66. The molecule has 2 saturated heterocycles. The summed E-state index contributed by atoms with van der Waals surface area (Å²) >= 11 is 0. The summed E-state index contributed by atoms with van der Waals surface area (Å²) in [7, 11) is 1.81. The number of carbonyl (C=O) groups excluding carboxylic acids is 1. The minimum Gasteiger partial charge on any atom is -0.475 e. The Morgan fingerprint density at radius 3 is 2.45 bits per heavy atom. The van der Waals surface area contributed by atoms with Gasteiger partial charge in [-0.3, -0.25) is 9.48 Å². The molecule has 2 fully saturated rings. The van der Waals surface area contributed by atoms with E-state index in [1.165, 1.54) is 0 Å². The van der Waals surface area contributed by atoms with Gasteiger partial charge in [-0.25, -0.2) is 14.8 Å². The Bertz CT molecular complexity index is 973. The van der Waals surface area contributed by atoms with Crippen molar-refractivity contribution in [2.45, 2.75) is 31.5 Å². The minimum absolute atomic E-state index is 0.0316. The van der Waals surface area contributed by atoms with Gasteiger partial charge in [-0.15, -0.1) is 0 Å². The Labute approximate surface area is 187 Å². The van der Waals surface area contributed by atoms with Crippen LogP contribution in [0.1, 0.15) is 28.8 Å². The van der Waals surface area contributed by atoms with Gasteiger partial charge < -0.3 is 20.1 Å². The quantitative estimate of drug-likeness (QED) is 0.679. The molecular formula is C20H25F3N6O4. The van der Waals surface area contributed by atoms with Crippen molar-refractivity contribution in [3.63, 3.8) is 0 Å². The Hall–Kier alpha value is -3.22. The smallest absolute Gasteiger partial charge is 0.475 e. The molecule has 2 aromatic rings. The summed E-state index contributed by atoms with van der Waals surface area (Å²) in [5, 5.41) is 14.5. The van der Waals surface area contributed by atoms with Gasteiger partial charge in [-0.1, -0.05) is 0 Å². The van der Waals surface area contributed by atoms with Crippen LogP contribution in [0.15, 0.2) is 24.8 Å². The lowest BCUT2D eigenvalue weighted by molar-refractivity contribution is -0.192. The second-order valence-electron chi connectivity index (χ2n) is 8.07. The van der Waals surface area contributed by atoms with Gasteiger partial charge in [0.05, 0.1) is 24.8 Å². The van der Waals surface area contributed by atoms with Crippen LogP contribution in [0.2, 0.25) is 0 Å². The maximum atomic E-state index is 12.5. The minimum atomic E-state index is -5.08. The normalized spacial score (nSPS) is 18.9. The van der Waals surface area contributed by atoms with Crippen molar-refractivity contribution in [3.05, 3.63) is 35.9 Å². The highest BCUT2D eigenvalue weighted by Crippen LogP contribution is 2.42. The Kier molecular flexibility index (Phi) is 7.20.